The molecule has 1 amide bonds. The van der Waals surface area contributed by atoms with Gasteiger partial charge in [-0.15, -0.1) is 0 Å². The van der Waals surface area contributed by atoms with Gasteiger partial charge in [-0.05, 0) is 77.3 Å². The van der Waals surface area contributed by atoms with Crippen LogP contribution in [0.5, 0.6) is 0 Å². The highest BCUT2D eigenvalue weighted by Gasteiger charge is 2.44. The molecule has 2 unspecified atom stereocenters. The van der Waals surface area contributed by atoms with Gasteiger partial charge in [0.15, 0.2) is 5.78 Å². The summed E-state index contributed by atoms with van der Waals surface area (Å²) in [5.41, 5.74) is 8.16. The number of ether oxygens (including phenoxy) is 1. The van der Waals surface area contributed by atoms with E-state index in [2.05, 4.69) is 94.4 Å². The first-order chi connectivity index (χ1) is 19.3. The van der Waals surface area contributed by atoms with Crippen molar-refractivity contribution in [3.05, 3.63) is 94.5 Å². The van der Waals surface area contributed by atoms with Crippen LogP contribution in [-0.2, 0) is 4.74 Å². The van der Waals surface area contributed by atoms with Crippen LogP contribution in [0.3, 0.4) is 0 Å². The molecule has 0 N–H and O–H groups in total. The predicted molar refractivity (Wildman–Crippen MR) is 160 cm³/mol. The Morgan fingerprint density at radius 1 is 0.775 bits per heavy atom. The quantitative estimate of drug-likeness (QED) is 0.297. The topological polar surface area (TPSA) is 46.6 Å². The fourth-order valence-corrected chi connectivity index (χ4v) is 7.60. The predicted octanol–water partition coefficient (Wildman–Crippen LogP) is 8.70. The lowest BCUT2D eigenvalue weighted by Crippen LogP contribution is -2.56. The first kappa shape index (κ1) is 26.8. The Kier molecular flexibility index (Phi) is 7.29. The molecule has 2 heterocycles. The molecule has 2 fully saturated rings. The molecule has 2 bridgehead atoms. The van der Waals surface area contributed by atoms with Gasteiger partial charge in [0.1, 0.15) is 6.61 Å². The third kappa shape index (κ3) is 4.66. The van der Waals surface area contributed by atoms with Crippen molar-refractivity contribution in [3.8, 4) is 11.1 Å². The summed E-state index contributed by atoms with van der Waals surface area (Å²) in [5.74, 6) is 0.857. The Balaban J connectivity index is 1.20. The number of carbonyl (C=O) groups excluding carboxylic acids is 2. The summed E-state index contributed by atoms with van der Waals surface area (Å²) >= 11 is 0. The third-order valence-electron chi connectivity index (χ3n) is 9.51. The van der Waals surface area contributed by atoms with Crippen molar-refractivity contribution in [2.75, 3.05) is 6.61 Å². The fraction of sp³-hybridized carbons (Fsp3) is 0.444. The largest absolute Gasteiger partial charge is 0.448 e. The number of amides is 1. The van der Waals surface area contributed by atoms with E-state index in [9.17, 15) is 9.59 Å². The monoisotopic (exact) mass is 535 g/mol. The standard InChI is InChI=1S/C36H41NO3/c1-22(2)27-17-10-18-28(23(3)4)34(27)35(38)24-19-25-11-9-12-26(20-24)37(25)36(39)40-21-33-31-15-7-5-13-29(31)30-14-6-8-16-32(30)33/h5-8,10,13-18,22-26,33H,9,11-12,19-21H2,1-4H3. The Bertz CT molecular complexity index is 1340. The number of ketones is 1. The second kappa shape index (κ2) is 10.9. The normalized spacial score (nSPS) is 21.9. The van der Waals surface area contributed by atoms with E-state index >= 15 is 0 Å². The smallest absolute Gasteiger partial charge is 0.410 e. The Morgan fingerprint density at radius 3 is 1.82 bits per heavy atom. The molecule has 0 spiro atoms. The summed E-state index contributed by atoms with van der Waals surface area (Å²) in [7, 11) is 0. The highest BCUT2D eigenvalue weighted by atomic mass is 16.6. The second-order valence-electron chi connectivity index (χ2n) is 12.6. The van der Waals surface area contributed by atoms with Gasteiger partial charge < -0.3 is 9.64 Å². The molecular formula is C36H41NO3. The number of benzene rings is 3. The van der Waals surface area contributed by atoms with Crippen molar-refractivity contribution in [2.24, 2.45) is 5.92 Å². The Hall–Kier alpha value is -3.40. The van der Waals surface area contributed by atoms with E-state index in [1.54, 1.807) is 0 Å². The average Bonchev–Trinajstić information content (AvgIpc) is 3.28. The summed E-state index contributed by atoms with van der Waals surface area (Å²) in [6.07, 6.45) is 4.21. The number of hydrogen-bond acceptors (Lipinski definition) is 3. The molecule has 0 saturated carbocycles. The van der Waals surface area contributed by atoms with Gasteiger partial charge in [-0.2, -0.15) is 0 Å². The highest BCUT2D eigenvalue weighted by Crippen LogP contribution is 2.45. The van der Waals surface area contributed by atoms with E-state index in [1.165, 1.54) is 22.3 Å². The minimum atomic E-state index is -0.215. The molecule has 3 aromatic carbocycles. The maximum Gasteiger partial charge on any atom is 0.410 e. The summed E-state index contributed by atoms with van der Waals surface area (Å²) in [5, 5.41) is 0. The van der Waals surface area contributed by atoms with Crippen molar-refractivity contribution in [3.63, 3.8) is 0 Å². The van der Waals surface area contributed by atoms with Crippen molar-refractivity contribution >= 4 is 11.9 Å². The molecule has 208 valence electrons. The van der Waals surface area contributed by atoms with Gasteiger partial charge in [-0.3, -0.25) is 4.79 Å². The summed E-state index contributed by atoms with van der Waals surface area (Å²) < 4.78 is 6.10. The minimum Gasteiger partial charge on any atom is -0.448 e. The van der Waals surface area contributed by atoms with Crippen molar-refractivity contribution in [1.82, 2.24) is 4.90 Å². The molecule has 6 rings (SSSR count). The molecule has 4 heteroatoms. The van der Waals surface area contributed by atoms with Gasteiger partial charge in [0.05, 0.1) is 0 Å². The van der Waals surface area contributed by atoms with Crippen LogP contribution in [0.4, 0.5) is 4.79 Å². The van der Waals surface area contributed by atoms with Crippen LogP contribution in [-0.4, -0.2) is 35.5 Å². The SMILES string of the molecule is CC(C)c1cccc(C(C)C)c1C(=O)C1CC2CCCC(C1)N2C(=O)OCC1c2ccccc2-c2ccccc21. The molecule has 2 atom stereocenters. The second-order valence-corrected chi connectivity index (χ2v) is 12.6. The van der Waals surface area contributed by atoms with Crippen LogP contribution in [0, 0.1) is 5.92 Å². The number of fused-ring (bicyclic) bond motifs is 5. The van der Waals surface area contributed by atoms with E-state index in [0.717, 1.165) is 48.8 Å². The van der Waals surface area contributed by atoms with Gasteiger partial charge >= 0.3 is 6.09 Å². The first-order valence-electron chi connectivity index (χ1n) is 15.2. The van der Waals surface area contributed by atoms with E-state index in [1.807, 2.05) is 4.90 Å². The van der Waals surface area contributed by atoms with Crippen molar-refractivity contribution in [1.29, 1.82) is 0 Å². The zero-order chi connectivity index (χ0) is 28.0. The zero-order valence-corrected chi connectivity index (χ0v) is 24.2. The third-order valence-corrected chi connectivity index (χ3v) is 9.51. The number of hydrogen-bond donors (Lipinski definition) is 0. The Morgan fingerprint density at radius 2 is 1.30 bits per heavy atom. The molecule has 4 nitrogen and oxygen atoms in total. The lowest BCUT2D eigenvalue weighted by atomic mass is 9.73. The van der Waals surface area contributed by atoms with Crippen LogP contribution in [0.2, 0.25) is 0 Å². The van der Waals surface area contributed by atoms with Crippen LogP contribution >= 0.6 is 0 Å². The number of nitrogens with zero attached hydrogens (tertiary/aromatic N) is 1. The molecule has 3 aromatic rings. The van der Waals surface area contributed by atoms with Gasteiger partial charge in [0, 0.05) is 29.5 Å². The summed E-state index contributed by atoms with van der Waals surface area (Å²) in [4.78, 5) is 29.8. The molecule has 3 aliphatic rings. The van der Waals surface area contributed by atoms with E-state index < -0.39 is 0 Å². The lowest BCUT2D eigenvalue weighted by molar-refractivity contribution is 0.00646. The maximum atomic E-state index is 14.2. The molecule has 1 aliphatic carbocycles. The van der Waals surface area contributed by atoms with E-state index in [0.29, 0.717) is 6.61 Å². The Labute approximate surface area is 238 Å². The van der Waals surface area contributed by atoms with Crippen molar-refractivity contribution in [2.45, 2.75) is 89.6 Å². The van der Waals surface area contributed by atoms with Crippen molar-refractivity contribution < 1.29 is 14.3 Å². The van der Waals surface area contributed by atoms with E-state index in [-0.39, 0.29) is 47.6 Å². The van der Waals surface area contributed by atoms with Gasteiger partial charge in [-0.25, -0.2) is 4.79 Å². The number of Topliss-reactive ketones (excluding diaryl/α,β-unsaturated/α-hetero) is 1. The summed E-state index contributed by atoms with van der Waals surface area (Å²) in [6, 6.07) is 23.3. The highest BCUT2D eigenvalue weighted by molar-refractivity contribution is 6.01. The molecule has 0 aromatic heterocycles. The molecular weight excluding hydrogens is 494 g/mol. The fourth-order valence-electron chi connectivity index (χ4n) is 7.60. The van der Waals surface area contributed by atoms with Crippen LogP contribution in [0.25, 0.3) is 11.1 Å². The van der Waals surface area contributed by atoms with Crippen LogP contribution in [0.1, 0.15) is 110 Å². The van der Waals surface area contributed by atoms with E-state index in [4.69, 9.17) is 4.74 Å². The molecule has 2 saturated heterocycles. The van der Waals surface area contributed by atoms with Gasteiger partial charge in [-0.1, -0.05) is 94.4 Å². The summed E-state index contributed by atoms with van der Waals surface area (Å²) in [6.45, 7) is 9.02. The van der Waals surface area contributed by atoms with Gasteiger partial charge in [0.25, 0.3) is 0 Å². The van der Waals surface area contributed by atoms with Gasteiger partial charge in [0.2, 0.25) is 0 Å². The van der Waals surface area contributed by atoms with Crippen LogP contribution < -0.4 is 0 Å². The maximum absolute atomic E-state index is 14.2. The van der Waals surface area contributed by atoms with Crippen LogP contribution in [0.15, 0.2) is 66.7 Å². The first-order valence-corrected chi connectivity index (χ1v) is 15.2. The zero-order valence-electron chi connectivity index (χ0n) is 24.2. The minimum absolute atomic E-state index is 0.0506. The number of carbonyl (C=O) groups is 2. The molecule has 0 radical (unpaired) electrons. The molecule has 2 aliphatic heterocycles. The lowest BCUT2D eigenvalue weighted by Gasteiger charge is -2.48. The average molecular weight is 536 g/mol. The number of piperidine rings is 2. The number of rotatable bonds is 6. The molecule has 40 heavy (non-hydrogen) atoms.